The standard InChI is InChI=1S/C16H16FN5O3S/c17-12-3-1-2-11(10-12)16-20-19-14-6-7-15(21-22(14)16)25-9-8-18-26(23,24)13-4-5-13/h1-3,6-7,10,13,18H,4-5,8-9H2. The lowest BCUT2D eigenvalue weighted by molar-refractivity contribution is 0.306. The molecule has 0 atom stereocenters. The zero-order chi connectivity index (χ0) is 18.1. The van der Waals surface area contributed by atoms with Gasteiger partial charge in [0.25, 0.3) is 0 Å². The minimum absolute atomic E-state index is 0.141. The molecule has 0 aliphatic heterocycles. The fraction of sp³-hybridized carbons (Fsp3) is 0.312. The average Bonchev–Trinajstić information content (AvgIpc) is 3.40. The molecule has 1 saturated carbocycles. The van der Waals surface area contributed by atoms with Crippen molar-refractivity contribution in [3.63, 3.8) is 0 Å². The fourth-order valence-corrected chi connectivity index (χ4v) is 3.85. The van der Waals surface area contributed by atoms with Gasteiger partial charge in [0, 0.05) is 18.2 Å². The zero-order valence-corrected chi connectivity index (χ0v) is 14.5. The molecular weight excluding hydrogens is 361 g/mol. The third-order valence-electron chi connectivity index (χ3n) is 3.94. The molecule has 0 saturated heterocycles. The number of fused-ring (bicyclic) bond motifs is 1. The molecule has 4 rings (SSSR count). The summed E-state index contributed by atoms with van der Waals surface area (Å²) in [5.74, 6) is 0.301. The largest absolute Gasteiger partial charge is 0.475 e. The van der Waals surface area contributed by atoms with Crippen LogP contribution in [0.25, 0.3) is 17.0 Å². The molecule has 1 aliphatic carbocycles. The summed E-state index contributed by atoms with van der Waals surface area (Å²) in [6, 6.07) is 9.27. The van der Waals surface area contributed by atoms with Gasteiger partial charge in [0.05, 0.1) is 5.25 Å². The second kappa shape index (κ2) is 6.61. The molecular formula is C16H16FN5O3S. The van der Waals surface area contributed by atoms with E-state index in [-0.39, 0.29) is 24.2 Å². The van der Waals surface area contributed by atoms with Crippen LogP contribution < -0.4 is 9.46 Å². The molecule has 8 nitrogen and oxygen atoms in total. The van der Waals surface area contributed by atoms with Crippen LogP contribution in [0.3, 0.4) is 0 Å². The number of ether oxygens (including phenoxy) is 1. The summed E-state index contributed by atoms with van der Waals surface area (Å²) in [5.41, 5.74) is 1.03. The Morgan fingerprint density at radius 3 is 2.85 bits per heavy atom. The molecule has 10 heteroatoms. The van der Waals surface area contributed by atoms with Crippen molar-refractivity contribution in [3.05, 3.63) is 42.2 Å². The van der Waals surface area contributed by atoms with Gasteiger partial charge in [0.15, 0.2) is 11.5 Å². The lowest BCUT2D eigenvalue weighted by Crippen LogP contribution is -2.31. The molecule has 1 aliphatic rings. The number of nitrogens with one attached hydrogen (secondary N) is 1. The number of halogens is 1. The Morgan fingerprint density at radius 1 is 1.23 bits per heavy atom. The summed E-state index contributed by atoms with van der Waals surface area (Å²) in [5, 5.41) is 12.1. The lowest BCUT2D eigenvalue weighted by atomic mass is 10.2. The monoisotopic (exact) mass is 377 g/mol. The van der Waals surface area contributed by atoms with Crippen LogP contribution in [0.15, 0.2) is 36.4 Å². The first-order valence-electron chi connectivity index (χ1n) is 8.13. The van der Waals surface area contributed by atoms with E-state index in [1.807, 2.05) is 0 Å². The maximum Gasteiger partial charge on any atom is 0.231 e. The van der Waals surface area contributed by atoms with Crippen LogP contribution in [-0.4, -0.2) is 46.6 Å². The highest BCUT2D eigenvalue weighted by molar-refractivity contribution is 7.90. The number of hydrogen-bond donors (Lipinski definition) is 1. The summed E-state index contributed by atoms with van der Waals surface area (Å²) >= 11 is 0. The highest BCUT2D eigenvalue weighted by Crippen LogP contribution is 2.27. The minimum atomic E-state index is -3.23. The molecule has 3 aromatic rings. The normalized spacial score (nSPS) is 14.7. The van der Waals surface area contributed by atoms with E-state index in [4.69, 9.17) is 4.74 Å². The molecule has 2 heterocycles. The van der Waals surface area contributed by atoms with Crippen molar-refractivity contribution in [2.45, 2.75) is 18.1 Å². The highest BCUT2D eigenvalue weighted by atomic mass is 32.2. The third-order valence-corrected chi connectivity index (χ3v) is 5.90. The van der Waals surface area contributed by atoms with Crippen molar-refractivity contribution >= 4 is 15.7 Å². The molecule has 2 aromatic heterocycles. The van der Waals surface area contributed by atoms with Gasteiger partial charge in [-0.1, -0.05) is 12.1 Å². The van der Waals surface area contributed by atoms with Gasteiger partial charge in [-0.2, -0.15) is 4.52 Å². The van der Waals surface area contributed by atoms with E-state index in [1.54, 1.807) is 24.3 Å². The van der Waals surface area contributed by atoms with E-state index in [0.717, 1.165) is 0 Å². The Bertz CT molecular complexity index is 1050. The average molecular weight is 377 g/mol. The number of nitrogens with zero attached hydrogens (tertiary/aromatic N) is 4. The molecule has 1 fully saturated rings. The number of rotatable bonds is 7. The van der Waals surface area contributed by atoms with Crippen LogP contribution in [-0.2, 0) is 10.0 Å². The maximum atomic E-state index is 13.4. The Hall–Kier alpha value is -2.59. The second-order valence-electron chi connectivity index (χ2n) is 5.96. The zero-order valence-electron chi connectivity index (χ0n) is 13.7. The molecule has 0 bridgehead atoms. The van der Waals surface area contributed by atoms with E-state index >= 15 is 0 Å². The first-order chi connectivity index (χ1) is 12.5. The van der Waals surface area contributed by atoms with Crippen LogP contribution >= 0.6 is 0 Å². The summed E-state index contributed by atoms with van der Waals surface area (Å²) in [4.78, 5) is 0. The van der Waals surface area contributed by atoms with Gasteiger partial charge in [0.2, 0.25) is 15.9 Å². The van der Waals surface area contributed by atoms with Crippen molar-refractivity contribution in [2.75, 3.05) is 13.2 Å². The highest BCUT2D eigenvalue weighted by Gasteiger charge is 2.35. The van der Waals surface area contributed by atoms with Gasteiger partial charge < -0.3 is 4.74 Å². The number of hydrogen-bond acceptors (Lipinski definition) is 6. The van der Waals surface area contributed by atoms with Crippen LogP contribution in [0.4, 0.5) is 4.39 Å². The van der Waals surface area contributed by atoms with E-state index in [0.29, 0.717) is 35.8 Å². The Balaban J connectivity index is 1.47. The Morgan fingerprint density at radius 2 is 2.08 bits per heavy atom. The Kier molecular flexibility index (Phi) is 4.29. The summed E-state index contributed by atoms with van der Waals surface area (Å²) in [7, 11) is -3.23. The lowest BCUT2D eigenvalue weighted by Gasteiger charge is -2.07. The fourth-order valence-electron chi connectivity index (χ4n) is 2.49. The van der Waals surface area contributed by atoms with Gasteiger partial charge in [-0.05, 0) is 31.0 Å². The maximum absolute atomic E-state index is 13.4. The number of sulfonamides is 1. The topological polar surface area (TPSA) is 98.5 Å². The molecule has 0 unspecified atom stereocenters. The van der Waals surface area contributed by atoms with E-state index in [1.165, 1.54) is 16.6 Å². The number of benzene rings is 1. The molecule has 136 valence electrons. The van der Waals surface area contributed by atoms with Crippen LogP contribution in [0, 0.1) is 5.82 Å². The summed E-state index contributed by atoms with van der Waals surface area (Å²) in [6.07, 6.45) is 1.43. The molecule has 0 radical (unpaired) electrons. The SMILES string of the molecule is O=S(=O)(NCCOc1ccc2nnc(-c3cccc(F)c3)n2n1)C1CC1. The van der Waals surface area contributed by atoms with Gasteiger partial charge in [-0.15, -0.1) is 15.3 Å². The van der Waals surface area contributed by atoms with Crippen LogP contribution in [0.1, 0.15) is 12.8 Å². The molecule has 0 amide bonds. The molecule has 26 heavy (non-hydrogen) atoms. The number of aromatic nitrogens is 4. The van der Waals surface area contributed by atoms with Gasteiger partial charge in [0.1, 0.15) is 12.4 Å². The quantitative estimate of drug-likeness (QED) is 0.625. The van der Waals surface area contributed by atoms with Crippen LogP contribution in [0.2, 0.25) is 0 Å². The predicted molar refractivity (Wildman–Crippen MR) is 91.6 cm³/mol. The van der Waals surface area contributed by atoms with Crippen molar-refractivity contribution in [1.82, 2.24) is 24.5 Å². The van der Waals surface area contributed by atoms with Crippen molar-refractivity contribution in [2.24, 2.45) is 0 Å². The van der Waals surface area contributed by atoms with Crippen LogP contribution in [0.5, 0.6) is 5.88 Å². The van der Waals surface area contributed by atoms with E-state index < -0.39 is 10.0 Å². The van der Waals surface area contributed by atoms with Gasteiger partial charge in [-0.3, -0.25) is 0 Å². The summed E-state index contributed by atoms with van der Waals surface area (Å²) in [6.45, 7) is 0.305. The summed E-state index contributed by atoms with van der Waals surface area (Å²) < 4.78 is 46.4. The predicted octanol–water partition coefficient (Wildman–Crippen LogP) is 1.39. The smallest absolute Gasteiger partial charge is 0.231 e. The van der Waals surface area contributed by atoms with Gasteiger partial charge in [-0.25, -0.2) is 17.5 Å². The molecule has 1 aromatic carbocycles. The first kappa shape index (κ1) is 16.9. The molecule has 1 N–H and O–H groups in total. The Labute approximate surface area is 149 Å². The minimum Gasteiger partial charge on any atom is -0.475 e. The van der Waals surface area contributed by atoms with E-state index in [9.17, 15) is 12.8 Å². The third kappa shape index (κ3) is 3.51. The molecule has 0 spiro atoms. The van der Waals surface area contributed by atoms with Crippen molar-refractivity contribution < 1.29 is 17.5 Å². The van der Waals surface area contributed by atoms with E-state index in [2.05, 4.69) is 20.0 Å². The first-order valence-corrected chi connectivity index (χ1v) is 9.67. The second-order valence-corrected chi connectivity index (χ2v) is 8.01. The van der Waals surface area contributed by atoms with Crippen molar-refractivity contribution in [1.29, 1.82) is 0 Å². The van der Waals surface area contributed by atoms with Gasteiger partial charge >= 0.3 is 0 Å². The van der Waals surface area contributed by atoms with Crippen molar-refractivity contribution in [3.8, 4) is 17.3 Å².